The molecular formula is C32H25N5O4S4. The highest BCUT2D eigenvalue weighted by Gasteiger charge is 2.23. The van der Waals surface area contributed by atoms with Crippen LogP contribution in [0.15, 0.2) is 87.1 Å². The van der Waals surface area contributed by atoms with Gasteiger partial charge in [0.05, 0.1) is 32.0 Å². The second-order valence-corrected chi connectivity index (χ2v) is 14.8. The summed E-state index contributed by atoms with van der Waals surface area (Å²) in [5.74, 6) is 0.532. The number of thioether (sulfide) groups is 2. The topological polar surface area (TPSA) is 120 Å². The Morgan fingerprint density at radius 2 is 1.78 bits per heavy atom. The molecule has 3 heterocycles. The Labute approximate surface area is 273 Å². The molecule has 9 nitrogen and oxygen atoms in total. The molecule has 3 aromatic carbocycles. The lowest BCUT2D eigenvalue weighted by Crippen LogP contribution is -2.23. The predicted octanol–water partition coefficient (Wildman–Crippen LogP) is 7.87. The Hall–Kier alpha value is -4.04. The number of carbonyl (C=O) groups excluding carboxylic acids is 1. The molecule has 45 heavy (non-hydrogen) atoms. The largest absolute Gasteiger partial charge is 0.325 e. The van der Waals surface area contributed by atoms with Crippen molar-refractivity contribution in [3.05, 3.63) is 109 Å². The van der Waals surface area contributed by atoms with E-state index in [4.69, 9.17) is 4.98 Å². The molecule has 226 valence electrons. The van der Waals surface area contributed by atoms with Crippen LogP contribution in [-0.4, -0.2) is 31.1 Å². The fourth-order valence-electron chi connectivity index (χ4n) is 5.32. The highest BCUT2D eigenvalue weighted by Crippen LogP contribution is 2.36. The number of hydrogen-bond donors (Lipinski definition) is 1. The van der Waals surface area contributed by atoms with E-state index in [0.717, 1.165) is 67.3 Å². The molecular weight excluding hydrogens is 647 g/mol. The van der Waals surface area contributed by atoms with Gasteiger partial charge in [-0.1, -0.05) is 53.9 Å². The molecule has 0 fully saturated rings. The molecule has 0 unspecified atom stereocenters. The van der Waals surface area contributed by atoms with Crippen molar-refractivity contribution in [2.24, 2.45) is 0 Å². The Morgan fingerprint density at radius 1 is 0.978 bits per heavy atom. The van der Waals surface area contributed by atoms with E-state index < -0.39 is 4.92 Å². The van der Waals surface area contributed by atoms with Crippen LogP contribution in [0.5, 0.6) is 0 Å². The maximum atomic E-state index is 13.9. The molecule has 1 N–H and O–H groups in total. The van der Waals surface area contributed by atoms with Crippen molar-refractivity contribution >= 4 is 83.9 Å². The molecule has 3 aromatic heterocycles. The summed E-state index contributed by atoms with van der Waals surface area (Å²) in [6.45, 7) is 0. The van der Waals surface area contributed by atoms with Gasteiger partial charge in [-0.3, -0.25) is 24.3 Å². The van der Waals surface area contributed by atoms with Crippen LogP contribution in [-0.2, 0) is 23.4 Å². The number of benzene rings is 3. The zero-order chi connectivity index (χ0) is 30.9. The third-order valence-corrected chi connectivity index (χ3v) is 11.8. The van der Waals surface area contributed by atoms with Crippen LogP contribution in [0.2, 0.25) is 0 Å². The lowest BCUT2D eigenvalue weighted by Gasteiger charge is -2.13. The number of para-hydroxylation sites is 1. The van der Waals surface area contributed by atoms with Crippen molar-refractivity contribution < 1.29 is 9.72 Å². The number of carbonyl (C=O) groups is 1. The van der Waals surface area contributed by atoms with Gasteiger partial charge < -0.3 is 5.32 Å². The van der Waals surface area contributed by atoms with E-state index in [0.29, 0.717) is 16.6 Å². The quantitative estimate of drug-likeness (QED) is 0.0714. The van der Waals surface area contributed by atoms with E-state index in [1.54, 1.807) is 39.8 Å². The van der Waals surface area contributed by atoms with Gasteiger partial charge in [0.25, 0.3) is 11.2 Å². The Kier molecular flexibility index (Phi) is 8.41. The zero-order valence-corrected chi connectivity index (χ0v) is 27.0. The fourth-order valence-corrected chi connectivity index (χ4v) is 9.50. The Bertz CT molecular complexity index is 2120. The standard InChI is InChI=1S/C32H25N5O4S4/c38-27(33-20-12-15-24-26(16-20)45-32(34-24)43-17-19-10-13-22(14-11-19)37(40)41)18-42-31-35-29-28(23-8-4-5-9-25(23)44-29)30(39)36(31)21-6-2-1-3-7-21/h1-3,6-7,10-16H,4-5,8-9,17-18H2,(H,33,38). The maximum Gasteiger partial charge on any atom is 0.269 e. The highest BCUT2D eigenvalue weighted by molar-refractivity contribution is 8.00. The number of anilines is 1. The molecule has 0 atom stereocenters. The average Bonchev–Trinajstić information content (AvgIpc) is 3.64. The van der Waals surface area contributed by atoms with E-state index in [1.165, 1.54) is 40.1 Å². The summed E-state index contributed by atoms with van der Waals surface area (Å²) >= 11 is 5.95. The Balaban J connectivity index is 1.06. The summed E-state index contributed by atoms with van der Waals surface area (Å²) in [5.41, 5.74) is 4.34. The minimum absolute atomic E-state index is 0.0699. The van der Waals surface area contributed by atoms with Crippen LogP contribution < -0.4 is 10.9 Å². The van der Waals surface area contributed by atoms with Crippen molar-refractivity contribution in [2.45, 2.75) is 40.9 Å². The van der Waals surface area contributed by atoms with Gasteiger partial charge in [0, 0.05) is 28.5 Å². The third-order valence-electron chi connectivity index (χ3n) is 7.47. The van der Waals surface area contributed by atoms with Gasteiger partial charge in [0.1, 0.15) is 4.83 Å². The smallest absolute Gasteiger partial charge is 0.269 e. The van der Waals surface area contributed by atoms with Crippen molar-refractivity contribution in [1.82, 2.24) is 14.5 Å². The van der Waals surface area contributed by atoms with Crippen molar-refractivity contribution in [3.63, 3.8) is 0 Å². The lowest BCUT2D eigenvalue weighted by atomic mass is 9.97. The molecule has 0 saturated carbocycles. The van der Waals surface area contributed by atoms with Crippen LogP contribution in [0.25, 0.3) is 26.1 Å². The zero-order valence-electron chi connectivity index (χ0n) is 23.7. The lowest BCUT2D eigenvalue weighted by molar-refractivity contribution is -0.384. The van der Waals surface area contributed by atoms with Crippen molar-refractivity contribution in [3.8, 4) is 5.69 Å². The van der Waals surface area contributed by atoms with Gasteiger partial charge in [0.2, 0.25) is 5.91 Å². The minimum atomic E-state index is -0.408. The van der Waals surface area contributed by atoms with Crippen LogP contribution in [0.4, 0.5) is 11.4 Å². The molecule has 0 aliphatic heterocycles. The molecule has 7 rings (SSSR count). The van der Waals surface area contributed by atoms with Gasteiger partial charge in [0.15, 0.2) is 9.50 Å². The number of nitrogens with zero attached hydrogens (tertiary/aromatic N) is 4. The first-order chi connectivity index (χ1) is 21.9. The number of nitro groups is 1. The molecule has 6 aromatic rings. The number of aryl methyl sites for hydroxylation is 2. The molecule has 1 amide bonds. The van der Waals surface area contributed by atoms with Gasteiger partial charge >= 0.3 is 0 Å². The highest BCUT2D eigenvalue weighted by atomic mass is 32.2. The molecule has 1 aliphatic carbocycles. The number of aromatic nitrogens is 3. The number of rotatable bonds is 9. The first-order valence-corrected chi connectivity index (χ1v) is 17.9. The van der Waals surface area contributed by atoms with Gasteiger partial charge in [-0.25, -0.2) is 9.97 Å². The van der Waals surface area contributed by atoms with E-state index in [1.807, 2.05) is 48.5 Å². The third kappa shape index (κ3) is 6.25. The number of hydrogen-bond acceptors (Lipinski definition) is 10. The first kappa shape index (κ1) is 29.7. The molecule has 0 radical (unpaired) electrons. The normalized spacial score (nSPS) is 12.8. The van der Waals surface area contributed by atoms with Crippen molar-refractivity contribution in [2.75, 3.05) is 11.1 Å². The summed E-state index contributed by atoms with van der Waals surface area (Å²) in [5, 5.41) is 15.1. The summed E-state index contributed by atoms with van der Waals surface area (Å²) < 4.78 is 3.46. The second kappa shape index (κ2) is 12.8. The number of thiazole rings is 1. The number of non-ortho nitro benzene ring substituents is 1. The van der Waals surface area contributed by atoms with Gasteiger partial charge in [-0.05, 0) is 67.1 Å². The summed E-state index contributed by atoms with van der Waals surface area (Å²) in [4.78, 5) is 49.1. The van der Waals surface area contributed by atoms with E-state index >= 15 is 0 Å². The molecule has 0 bridgehead atoms. The van der Waals surface area contributed by atoms with E-state index in [2.05, 4.69) is 10.3 Å². The van der Waals surface area contributed by atoms with Crippen molar-refractivity contribution in [1.29, 1.82) is 0 Å². The number of nitrogens with one attached hydrogen (secondary N) is 1. The van der Waals surface area contributed by atoms with Crippen LogP contribution >= 0.6 is 46.2 Å². The Morgan fingerprint density at radius 3 is 2.58 bits per heavy atom. The molecule has 0 spiro atoms. The number of nitro benzene ring substituents is 1. The molecule has 1 aliphatic rings. The second-order valence-electron chi connectivity index (χ2n) is 10.5. The van der Waals surface area contributed by atoms with E-state index in [9.17, 15) is 19.7 Å². The number of amides is 1. The monoisotopic (exact) mass is 671 g/mol. The minimum Gasteiger partial charge on any atom is -0.325 e. The SMILES string of the molecule is O=C(CSc1nc2sc3c(c2c(=O)n1-c1ccccc1)CCCC3)Nc1ccc2nc(SCc3ccc([N+](=O)[O-])cc3)sc2c1. The van der Waals surface area contributed by atoms with E-state index in [-0.39, 0.29) is 22.9 Å². The predicted molar refractivity (Wildman–Crippen MR) is 183 cm³/mol. The maximum absolute atomic E-state index is 13.9. The summed E-state index contributed by atoms with van der Waals surface area (Å²) in [6, 6.07) is 21.6. The van der Waals surface area contributed by atoms with Gasteiger partial charge in [-0.2, -0.15) is 0 Å². The number of thiophene rings is 1. The molecule has 13 heteroatoms. The average molecular weight is 672 g/mol. The summed E-state index contributed by atoms with van der Waals surface area (Å²) in [6.07, 6.45) is 4.09. The first-order valence-electron chi connectivity index (χ1n) is 14.2. The van der Waals surface area contributed by atoms with Crippen LogP contribution in [0.1, 0.15) is 28.8 Å². The summed E-state index contributed by atoms with van der Waals surface area (Å²) in [7, 11) is 0. The fraction of sp³-hybridized carbons (Fsp3) is 0.188. The van der Waals surface area contributed by atoms with Crippen LogP contribution in [0, 0.1) is 10.1 Å². The van der Waals surface area contributed by atoms with Gasteiger partial charge in [-0.15, -0.1) is 22.7 Å². The van der Waals surface area contributed by atoms with Crippen LogP contribution in [0.3, 0.4) is 0 Å². The molecule has 0 saturated heterocycles. The number of fused-ring (bicyclic) bond motifs is 4.